The van der Waals surface area contributed by atoms with Gasteiger partial charge >= 0.3 is 0 Å². The number of aryl methyl sites for hydroxylation is 1. The number of carbonyl (C=O) groups excluding carboxylic acids is 1. The monoisotopic (exact) mass is 410 g/mol. The van der Waals surface area contributed by atoms with Gasteiger partial charge in [-0.1, -0.05) is 48.5 Å². The van der Waals surface area contributed by atoms with Gasteiger partial charge in [0.05, 0.1) is 11.0 Å². The van der Waals surface area contributed by atoms with Gasteiger partial charge in [0, 0.05) is 24.6 Å². The van der Waals surface area contributed by atoms with Crippen LogP contribution in [0.2, 0.25) is 0 Å². The second-order valence-electron chi connectivity index (χ2n) is 8.47. The fourth-order valence-corrected chi connectivity index (χ4v) is 3.53. The molecule has 0 fully saturated rings. The summed E-state index contributed by atoms with van der Waals surface area (Å²) >= 11 is 0. The lowest BCUT2D eigenvalue weighted by Gasteiger charge is -2.34. The first-order valence-corrected chi connectivity index (χ1v) is 10.7. The molecule has 6 heteroatoms. The van der Waals surface area contributed by atoms with E-state index in [0.717, 1.165) is 38.4 Å². The van der Waals surface area contributed by atoms with Gasteiger partial charge in [0.1, 0.15) is 5.82 Å². The van der Waals surface area contributed by atoms with Crippen molar-refractivity contribution in [3.05, 3.63) is 39.2 Å². The summed E-state index contributed by atoms with van der Waals surface area (Å²) in [5.74, 6) is -0.0431. The molecule has 29 heavy (non-hydrogen) atoms. The molecule has 1 rings (SSSR count). The van der Waals surface area contributed by atoms with Crippen LogP contribution in [-0.2, 0) is 11.2 Å². The van der Waals surface area contributed by atoms with E-state index in [-0.39, 0.29) is 17.0 Å². The van der Waals surface area contributed by atoms with E-state index in [9.17, 15) is 19.3 Å². The smallest absolute Gasteiger partial charge is 0.275 e. The van der Waals surface area contributed by atoms with Crippen LogP contribution < -0.4 is 0 Å². The quantitative estimate of drug-likeness (QED) is 0.372. The molecule has 0 aliphatic heterocycles. The number of nitrogens with zero attached hydrogens (tertiary/aromatic N) is 2. The molecule has 0 N–H and O–H groups in total. The number of amides is 1. The average molecular weight is 411 g/mol. The predicted octanol–water partition coefficient (Wildman–Crippen LogP) is 6.31. The lowest BCUT2D eigenvalue weighted by Crippen LogP contribution is -2.41. The summed E-state index contributed by atoms with van der Waals surface area (Å²) in [5, 5.41) is 10.5. The zero-order valence-corrected chi connectivity index (χ0v) is 19.5. The zero-order valence-electron chi connectivity index (χ0n) is 19.5. The SMILES string of the molecule is CCCN(CCC)C(=O)C(CC)C(C)(C)C.CCc1cc(F)cc([N+](=O)[O-])c1C. The summed E-state index contributed by atoms with van der Waals surface area (Å²) in [6, 6.07) is 2.29. The molecule has 0 bridgehead atoms. The Kier molecular flexibility index (Phi) is 11.7. The molecule has 0 aliphatic rings. The molecule has 0 heterocycles. The summed E-state index contributed by atoms with van der Waals surface area (Å²) < 4.78 is 12.9. The first-order valence-electron chi connectivity index (χ1n) is 10.7. The van der Waals surface area contributed by atoms with Crippen molar-refractivity contribution in [2.24, 2.45) is 11.3 Å². The molecule has 0 saturated heterocycles. The summed E-state index contributed by atoms with van der Waals surface area (Å²) in [5.41, 5.74) is 1.17. The van der Waals surface area contributed by atoms with Gasteiger partial charge in [-0.05, 0) is 49.7 Å². The van der Waals surface area contributed by atoms with Crippen molar-refractivity contribution < 1.29 is 14.1 Å². The summed E-state index contributed by atoms with van der Waals surface area (Å²) in [6.07, 6.45) is 3.63. The minimum atomic E-state index is -0.558. The Morgan fingerprint density at radius 2 is 1.66 bits per heavy atom. The molecule has 0 spiro atoms. The van der Waals surface area contributed by atoms with E-state index < -0.39 is 10.7 Å². The van der Waals surface area contributed by atoms with E-state index in [0.29, 0.717) is 23.5 Å². The van der Waals surface area contributed by atoms with Crippen LogP contribution in [0.4, 0.5) is 10.1 Å². The number of halogens is 1. The summed E-state index contributed by atoms with van der Waals surface area (Å²) in [6.45, 7) is 18.1. The Labute approximate surface area is 175 Å². The van der Waals surface area contributed by atoms with Crippen LogP contribution in [0.25, 0.3) is 0 Å². The van der Waals surface area contributed by atoms with E-state index in [2.05, 4.69) is 41.5 Å². The normalized spacial score (nSPS) is 12.0. The molecule has 1 aromatic rings. The van der Waals surface area contributed by atoms with Gasteiger partial charge in [-0.15, -0.1) is 0 Å². The van der Waals surface area contributed by atoms with Crippen LogP contribution >= 0.6 is 0 Å². The van der Waals surface area contributed by atoms with Gasteiger partial charge in [0.2, 0.25) is 5.91 Å². The van der Waals surface area contributed by atoms with Crippen molar-refractivity contribution >= 4 is 11.6 Å². The maximum atomic E-state index is 12.9. The lowest BCUT2D eigenvalue weighted by molar-refractivity contribution is -0.385. The number of carbonyl (C=O) groups is 1. The van der Waals surface area contributed by atoms with Crippen LogP contribution in [0.5, 0.6) is 0 Å². The van der Waals surface area contributed by atoms with E-state index in [4.69, 9.17) is 0 Å². The highest BCUT2D eigenvalue weighted by Gasteiger charge is 2.32. The number of hydrogen-bond donors (Lipinski definition) is 0. The molecular weight excluding hydrogens is 371 g/mol. The molecule has 1 aromatic carbocycles. The zero-order chi connectivity index (χ0) is 22.8. The summed E-state index contributed by atoms with van der Waals surface area (Å²) in [4.78, 5) is 24.4. The first-order chi connectivity index (χ1) is 13.4. The van der Waals surface area contributed by atoms with E-state index >= 15 is 0 Å². The number of rotatable bonds is 8. The van der Waals surface area contributed by atoms with Crippen molar-refractivity contribution in [3.8, 4) is 0 Å². The third-order valence-electron chi connectivity index (χ3n) is 5.08. The predicted molar refractivity (Wildman–Crippen MR) is 118 cm³/mol. The molecule has 0 saturated carbocycles. The molecule has 0 aromatic heterocycles. The molecule has 5 nitrogen and oxygen atoms in total. The van der Waals surface area contributed by atoms with Crippen LogP contribution in [0.1, 0.15) is 78.9 Å². The van der Waals surface area contributed by atoms with Crippen molar-refractivity contribution in [1.82, 2.24) is 4.90 Å². The van der Waals surface area contributed by atoms with Crippen molar-refractivity contribution in [1.29, 1.82) is 0 Å². The Bertz CT molecular complexity index is 663. The van der Waals surface area contributed by atoms with E-state index in [1.54, 1.807) is 6.92 Å². The van der Waals surface area contributed by atoms with Crippen LogP contribution in [0.15, 0.2) is 12.1 Å². The molecular formula is C23H39FN2O3. The van der Waals surface area contributed by atoms with E-state index in [1.165, 1.54) is 6.07 Å². The maximum Gasteiger partial charge on any atom is 0.275 e. The van der Waals surface area contributed by atoms with E-state index in [1.807, 2.05) is 11.8 Å². The minimum absolute atomic E-state index is 0.0750. The number of hydrogen-bond acceptors (Lipinski definition) is 3. The fraction of sp³-hybridized carbons (Fsp3) is 0.696. The van der Waals surface area contributed by atoms with Crippen LogP contribution in [-0.4, -0.2) is 28.8 Å². The first kappa shape index (κ1) is 27.0. The second-order valence-corrected chi connectivity index (χ2v) is 8.47. The number of nitro groups is 1. The third-order valence-corrected chi connectivity index (χ3v) is 5.08. The highest BCUT2D eigenvalue weighted by atomic mass is 19.1. The summed E-state index contributed by atoms with van der Waals surface area (Å²) in [7, 11) is 0. The largest absolute Gasteiger partial charge is 0.342 e. The third kappa shape index (κ3) is 8.50. The Morgan fingerprint density at radius 3 is 2.00 bits per heavy atom. The van der Waals surface area contributed by atoms with Crippen molar-refractivity contribution in [2.45, 2.75) is 81.1 Å². The minimum Gasteiger partial charge on any atom is -0.342 e. The Morgan fingerprint density at radius 1 is 1.14 bits per heavy atom. The lowest BCUT2D eigenvalue weighted by atomic mass is 9.78. The molecule has 0 aliphatic carbocycles. The standard InChI is InChI=1S/C14H29NO.C9H10FNO2/c1-7-10-15(11-8-2)13(16)12(9-3)14(4,5)6;1-3-7-4-8(10)5-9(6(7)2)11(12)13/h12H,7-11H2,1-6H3;4-5H,3H2,1-2H3. The highest BCUT2D eigenvalue weighted by molar-refractivity contribution is 5.79. The van der Waals surface area contributed by atoms with Crippen LogP contribution in [0.3, 0.4) is 0 Å². The molecule has 0 radical (unpaired) electrons. The van der Waals surface area contributed by atoms with Crippen molar-refractivity contribution in [2.75, 3.05) is 13.1 Å². The van der Waals surface area contributed by atoms with Gasteiger partial charge in [0.25, 0.3) is 5.69 Å². The molecule has 166 valence electrons. The molecule has 1 unspecified atom stereocenters. The van der Waals surface area contributed by atoms with Gasteiger partial charge in [-0.3, -0.25) is 14.9 Å². The van der Waals surface area contributed by atoms with Crippen LogP contribution in [0, 0.1) is 34.2 Å². The molecule has 1 amide bonds. The molecule has 1 atom stereocenters. The van der Waals surface area contributed by atoms with Crippen molar-refractivity contribution in [3.63, 3.8) is 0 Å². The van der Waals surface area contributed by atoms with Gasteiger partial charge in [-0.25, -0.2) is 4.39 Å². The number of nitro benzene ring substituents is 1. The van der Waals surface area contributed by atoms with Gasteiger partial charge < -0.3 is 4.90 Å². The Hall–Kier alpha value is -1.98. The number of benzene rings is 1. The van der Waals surface area contributed by atoms with Gasteiger partial charge in [0.15, 0.2) is 0 Å². The second kappa shape index (κ2) is 12.6. The van der Waals surface area contributed by atoms with Gasteiger partial charge in [-0.2, -0.15) is 0 Å². The fourth-order valence-electron chi connectivity index (χ4n) is 3.53. The average Bonchev–Trinajstić information content (AvgIpc) is 2.62. The highest BCUT2D eigenvalue weighted by Crippen LogP contribution is 2.30. The topological polar surface area (TPSA) is 63.5 Å². The maximum absolute atomic E-state index is 12.9. The Balaban J connectivity index is 0.000000551.